The van der Waals surface area contributed by atoms with Crippen molar-refractivity contribution >= 4 is 0 Å². The van der Waals surface area contributed by atoms with Crippen molar-refractivity contribution in [3.63, 3.8) is 0 Å². The van der Waals surface area contributed by atoms with Gasteiger partial charge in [0.25, 0.3) is 0 Å². The van der Waals surface area contributed by atoms with Gasteiger partial charge in [0.05, 0.1) is 13.2 Å². The number of hydrogen-bond donors (Lipinski definition) is 1. The van der Waals surface area contributed by atoms with Crippen LogP contribution in [0.15, 0.2) is 30.3 Å². The van der Waals surface area contributed by atoms with Crippen LogP contribution in [0.3, 0.4) is 0 Å². The number of nitrogens with one attached hydrogen (secondary N) is 1. The van der Waals surface area contributed by atoms with Gasteiger partial charge in [-0.25, -0.2) is 0 Å². The van der Waals surface area contributed by atoms with Crippen LogP contribution < -0.4 is 5.32 Å². The molecule has 0 aliphatic carbocycles. The van der Waals surface area contributed by atoms with Crippen LogP contribution in [-0.2, 0) is 10.2 Å². The van der Waals surface area contributed by atoms with Crippen molar-refractivity contribution in [3.8, 4) is 0 Å². The summed E-state index contributed by atoms with van der Waals surface area (Å²) < 4.78 is 5.44. The fraction of sp³-hybridized carbons (Fsp3) is 0.600. The summed E-state index contributed by atoms with van der Waals surface area (Å²) in [5.41, 5.74) is 1.71. The van der Waals surface area contributed by atoms with Crippen LogP contribution in [0.2, 0.25) is 0 Å². The van der Waals surface area contributed by atoms with E-state index >= 15 is 0 Å². The van der Waals surface area contributed by atoms with Crippen molar-refractivity contribution in [2.75, 3.05) is 26.3 Å². The minimum atomic E-state index is 0.278. The summed E-state index contributed by atoms with van der Waals surface area (Å²) in [6.45, 7) is 6.23. The monoisotopic (exact) mass is 233 g/mol. The van der Waals surface area contributed by atoms with Crippen LogP contribution in [0, 0.1) is 0 Å². The Morgan fingerprint density at radius 2 is 1.94 bits per heavy atom. The van der Waals surface area contributed by atoms with Gasteiger partial charge in [0.15, 0.2) is 0 Å². The van der Waals surface area contributed by atoms with Crippen LogP contribution >= 0.6 is 0 Å². The Morgan fingerprint density at radius 1 is 1.18 bits per heavy atom. The first-order valence-corrected chi connectivity index (χ1v) is 6.71. The van der Waals surface area contributed by atoms with Crippen molar-refractivity contribution in [1.82, 2.24) is 5.32 Å². The van der Waals surface area contributed by atoms with Crippen molar-refractivity contribution in [2.45, 2.75) is 31.6 Å². The smallest absolute Gasteiger partial charge is 0.0586 e. The molecular weight excluding hydrogens is 210 g/mol. The second kappa shape index (κ2) is 6.18. The molecule has 0 aromatic heterocycles. The van der Waals surface area contributed by atoms with Crippen molar-refractivity contribution in [2.24, 2.45) is 0 Å². The Hall–Kier alpha value is -0.860. The predicted molar refractivity (Wildman–Crippen MR) is 71.3 cm³/mol. The van der Waals surface area contributed by atoms with Gasteiger partial charge in [-0.15, -0.1) is 0 Å². The lowest BCUT2D eigenvalue weighted by Gasteiger charge is -2.42. The Bertz CT molecular complexity index is 319. The van der Waals surface area contributed by atoms with Crippen LogP contribution in [0.4, 0.5) is 0 Å². The zero-order chi connectivity index (χ0) is 12.0. The molecule has 0 saturated carbocycles. The Balaban J connectivity index is 1.84. The predicted octanol–water partition coefficient (Wildman–Crippen LogP) is 2.73. The summed E-state index contributed by atoms with van der Waals surface area (Å²) in [4.78, 5) is 0. The summed E-state index contributed by atoms with van der Waals surface area (Å²) in [5.74, 6) is 0. The number of rotatable bonds is 7. The van der Waals surface area contributed by atoms with Crippen LogP contribution in [0.5, 0.6) is 0 Å². The van der Waals surface area contributed by atoms with E-state index in [-0.39, 0.29) is 5.41 Å². The van der Waals surface area contributed by atoms with Crippen LogP contribution in [0.25, 0.3) is 0 Å². The van der Waals surface area contributed by atoms with Crippen molar-refractivity contribution in [1.29, 1.82) is 0 Å². The lowest BCUT2D eigenvalue weighted by atomic mass is 9.76. The van der Waals surface area contributed by atoms with E-state index in [4.69, 9.17) is 4.74 Å². The first kappa shape index (κ1) is 12.6. The fourth-order valence-corrected chi connectivity index (χ4v) is 2.35. The summed E-state index contributed by atoms with van der Waals surface area (Å²) >= 11 is 0. The zero-order valence-corrected chi connectivity index (χ0v) is 10.7. The minimum absolute atomic E-state index is 0.278. The van der Waals surface area contributed by atoms with Gasteiger partial charge in [0, 0.05) is 5.41 Å². The SMILES string of the molecule is CCCCNCCC1(c2ccccc2)COC1. The molecule has 0 spiro atoms. The molecule has 0 atom stereocenters. The average Bonchev–Trinajstić information content (AvgIpc) is 2.33. The average molecular weight is 233 g/mol. The molecule has 94 valence electrons. The zero-order valence-electron chi connectivity index (χ0n) is 10.7. The molecule has 1 fully saturated rings. The summed E-state index contributed by atoms with van der Waals surface area (Å²) in [6.07, 6.45) is 3.72. The van der Waals surface area contributed by atoms with E-state index in [2.05, 4.69) is 42.6 Å². The van der Waals surface area contributed by atoms with Crippen LogP contribution in [-0.4, -0.2) is 26.3 Å². The maximum atomic E-state index is 5.44. The van der Waals surface area contributed by atoms with E-state index in [0.717, 1.165) is 26.3 Å². The van der Waals surface area contributed by atoms with Gasteiger partial charge < -0.3 is 10.1 Å². The molecule has 1 N–H and O–H groups in total. The lowest BCUT2D eigenvalue weighted by Crippen LogP contribution is -2.48. The Labute approximate surface area is 104 Å². The highest BCUT2D eigenvalue weighted by Crippen LogP contribution is 2.35. The molecule has 17 heavy (non-hydrogen) atoms. The Morgan fingerprint density at radius 3 is 2.53 bits per heavy atom. The molecule has 1 saturated heterocycles. The van der Waals surface area contributed by atoms with E-state index in [1.807, 2.05) is 0 Å². The second-order valence-corrected chi connectivity index (χ2v) is 4.99. The van der Waals surface area contributed by atoms with E-state index in [1.165, 1.54) is 24.8 Å². The summed E-state index contributed by atoms with van der Waals surface area (Å²) in [7, 11) is 0. The van der Waals surface area contributed by atoms with Gasteiger partial charge in [-0.05, 0) is 31.5 Å². The second-order valence-electron chi connectivity index (χ2n) is 4.99. The number of ether oxygens (including phenoxy) is 1. The number of hydrogen-bond acceptors (Lipinski definition) is 2. The molecule has 2 rings (SSSR count). The number of unbranched alkanes of at least 4 members (excludes halogenated alkanes) is 1. The van der Waals surface area contributed by atoms with Gasteiger partial charge in [0.1, 0.15) is 0 Å². The van der Waals surface area contributed by atoms with Crippen molar-refractivity contribution in [3.05, 3.63) is 35.9 Å². The van der Waals surface area contributed by atoms with Gasteiger partial charge in [-0.3, -0.25) is 0 Å². The molecule has 0 unspecified atom stereocenters. The molecule has 1 aromatic carbocycles. The molecule has 2 heteroatoms. The van der Waals surface area contributed by atoms with Gasteiger partial charge >= 0.3 is 0 Å². The lowest BCUT2D eigenvalue weighted by molar-refractivity contribution is -0.0639. The van der Waals surface area contributed by atoms with Crippen molar-refractivity contribution < 1.29 is 4.74 Å². The molecule has 0 radical (unpaired) electrons. The molecular formula is C15H23NO. The first-order chi connectivity index (χ1) is 8.37. The maximum absolute atomic E-state index is 5.44. The number of benzene rings is 1. The van der Waals surface area contributed by atoms with Gasteiger partial charge in [-0.2, -0.15) is 0 Å². The Kier molecular flexibility index (Phi) is 4.57. The molecule has 1 aliphatic rings. The molecule has 2 nitrogen and oxygen atoms in total. The molecule has 1 aromatic rings. The fourth-order valence-electron chi connectivity index (χ4n) is 2.35. The highest BCUT2D eigenvalue weighted by atomic mass is 16.5. The van der Waals surface area contributed by atoms with Crippen LogP contribution in [0.1, 0.15) is 31.7 Å². The third-order valence-corrected chi connectivity index (χ3v) is 3.63. The third-order valence-electron chi connectivity index (χ3n) is 3.63. The summed E-state index contributed by atoms with van der Waals surface area (Å²) in [6, 6.07) is 10.8. The topological polar surface area (TPSA) is 21.3 Å². The molecule has 1 heterocycles. The molecule has 0 amide bonds. The van der Waals surface area contributed by atoms with E-state index in [0.29, 0.717) is 0 Å². The third kappa shape index (κ3) is 3.08. The summed E-state index contributed by atoms with van der Waals surface area (Å²) in [5, 5.41) is 3.52. The van der Waals surface area contributed by atoms with E-state index < -0.39 is 0 Å². The quantitative estimate of drug-likeness (QED) is 0.731. The van der Waals surface area contributed by atoms with E-state index in [1.54, 1.807) is 0 Å². The minimum Gasteiger partial charge on any atom is -0.379 e. The van der Waals surface area contributed by atoms with Gasteiger partial charge in [-0.1, -0.05) is 43.7 Å². The standard InChI is InChI=1S/C15H23NO/c1-2-3-10-16-11-9-15(12-17-13-15)14-7-5-4-6-8-14/h4-8,16H,2-3,9-13H2,1H3. The largest absolute Gasteiger partial charge is 0.379 e. The highest BCUT2D eigenvalue weighted by Gasteiger charge is 2.39. The molecule has 0 bridgehead atoms. The van der Waals surface area contributed by atoms with Gasteiger partial charge in [0.2, 0.25) is 0 Å². The maximum Gasteiger partial charge on any atom is 0.0586 e. The van der Waals surface area contributed by atoms with E-state index in [9.17, 15) is 0 Å². The first-order valence-electron chi connectivity index (χ1n) is 6.71. The molecule has 1 aliphatic heterocycles. The normalized spacial score (nSPS) is 17.7. The highest BCUT2D eigenvalue weighted by molar-refractivity contribution is 5.27.